The van der Waals surface area contributed by atoms with Gasteiger partial charge in [-0.25, -0.2) is 0 Å². The molecule has 0 aliphatic heterocycles. The van der Waals surface area contributed by atoms with E-state index in [9.17, 15) is 9.59 Å². The number of hydrogen-bond acceptors (Lipinski definition) is 3. The molecule has 0 aromatic heterocycles. The van der Waals surface area contributed by atoms with Gasteiger partial charge < -0.3 is 10.2 Å². The molecule has 1 aliphatic carbocycles. The van der Waals surface area contributed by atoms with Crippen LogP contribution in [0.15, 0.2) is 0 Å². The molecule has 1 aliphatic rings. The van der Waals surface area contributed by atoms with E-state index >= 15 is 0 Å². The van der Waals surface area contributed by atoms with Crippen LogP contribution < -0.4 is 0 Å². The van der Waals surface area contributed by atoms with Gasteiger partial charge in [0.1, 0.15) is 0 Å². The largest absolute Gasteiger partial charge is 0.481 e. The molecule has 0 spiro atoms. The highest BCUT2D eigenvalue weighted by Gasteiger charge is 2.23. The molecule has 0 aromatic rings. The molecule has 1 rings (SSSR count). The molecule has 0 radical (unpaired) electrons. The van der Waals surface area contributed by atoms with Crippen LogP contribution in [0.3, 0.4) is 0 Å². The fourth-order valence-electron chi connectivity index (χ4n) is 2.25. The topological polar surface area (TPSA) is 77.8 Å². The summed E-state index contributed by atoms with van der Waals surface area (Å²) in [6.07, 6.45) is 5.45. The van der Waals surface area contributed by atoms with Crippen LogP contribution in [0.2, 0.25) is 0 Å². The van der Waals surface area contributed by atoms with Gasteiger partial charge >= 0.3 is 11.9 Å². The summed E-state index contributed by atoms with van der Waals surface area (Å²) in [7, 11) is 0. The molecule has 0 amide bonds. The van der Waals surface area contributed by atoms with Gasteiger partial charge in [-0.2, -0.15) is 0 Å². The first kappa shape index (κ1) is 13.0. The number of rotatable bonds is 6. The van der Waals surface area contributed by atoms with E-state index < -0.39 is 11.9 Å². The number of carboxylic acids is 2. The predicted octanol–water partition coefficient (Wildman–Crippen LogP) is 1.18. The summed E-state index contributed by atoms with van der Waals surface area (Å²) in [5, 5.41) is 17.4. The van der Waals surface area contributed by atoms with Gasteiger partial charge in [-0.05, 0) is 12.8 Å². The van der Waals surface area contributed by atoms with Crippen molar-refractivity contribution in [2.24, 2.45) is 0 Å². The Morgan fingerprint density at radius 2 is 1.69 bits per heavy atom. The number of aliphatic carboxylic acids is 2. The molecule has 0 atom stereocenters. The zero-order valence-corrected chi connectivity index (χ0v) is 9.39. The smallest absolute Gasteiger partial charge is 0.317 e. The molecule has 1 fully saturated rings. The van der Waals surface area contributed by atoms with Gasteiger partial charge in [0.15, 0.2) is 0 Å². The highest BCUT2D eigenvalue weighted by atomic mass is 16.4. The molecule has 0 bridgehead atoms. The molecule has 1 saturated carbocycles. The van der Waals surface area contributed by atoms with Gasteiger partial charge in [-0.3, -0.25) is 14.5 Å². The van der Waals surface area contributed by atoms with E-state index in [-0.39, 0.29) is 19.0 Å². The number of nitrogens with zero attached hydrogens (tertiary/aromatic N) is 1. The SMILES string of the molecule is O=C(O)CCN(CC(=O)O)C1CCCCC1. The van der Waals surface area contributed by atoms with Crippen molar-refractivity contribution in [3.8, 4) is 0 Å². The van der Waals surface area contributed by atoms with Crippen LogP contribution >= 0.6 is 0 Å². The van der Waals surface area contributed by atoms with E-state index in [4.69, 9.17) is 10.2 Å². The third kappa shape index (κ3) is 4.61. The average molecular weight is 229 g/mol. The summed E-state index contributed by atoms with van der Waals surface area (Å²) < 4.78 is 0. The molecular weight excluding hydrogens is 210 g/mol. The Hall–Kier alpha value is -1.10. The number of hydrogen-bond donors (Lipinski definition) is 2. The van der Waals surface area contributed by atoms with Crippen molar-refractivity contribution in [2.45, 2.75) is 44.6 Å². The minimum atomic E-state index is -0.879. The summed E-state index contributed by atoms with van der Waals surface area (Å²) in [6, 6.07) is 0.254. The second-order valence-electron chi connectivity index (χ2n) is 4.30. The first-order valence-electron chi connectivity index (χ1n) is 5.77. The summed E-state index contributed by atoms with van der Waals surface area (Å²) in [5.74, 6) is -1.75. The number of carboxylic acid groups (broad SMARTS) is 2. The molecule has 0 saturated heterocycles. The third-order valence-electron chi connectivity index (χ3n) is 3.04. The lowest BCUT2D eigenvalue weighted by molar-refractivity contribution is -0.141. The van der Waals surface area contributed by atoms with Crippen molar-refractivity contribution < 1.29 is 19.8 Å². The highest BCUT2D eigenvalue weighted by molar-refractivity contribution is 5.69. The van der Waals surface area contributed by atoms with Crippen molar-refractivity contribution in [3.63, 3.8) is 0 Å². The molecule has 5 nitrogen and oxygen atoms in total. The van der Waals surface area contributed by atoms with Crippen LogP contribution in [0.5, 0.6) is 0 Å². The molecule has 0 unspecified atom stereocenters. The normalized spacial score (nSPS) is 17.6. The van der Waals surface area contributed by atoms with Gasteiger partial charge in [0, 0.05) is 12.6 Å². The first-order chi connectivity index (χ1) is 7.59. The summed E-state index contributed by atoms with van der Waals surface area (Å²) in [6.45, 7) is 0.296. The van der Waals surface area contributed by atoms with Gasteiger partial charge in [-0.1, -0.05) is 19.3 Å². The van der Waals surface area contributed by atoms with Gasteiger partial charge in [0.05, 0.1) is 13.0 Å². The Labute approximate surface area is 95.1 Å². The molecule has 2 N–H and O–H groups in total. The van der Waals surface area contributed by atoms with E-state index in [0.29, 0.717) is 6.54 Å². The third-order valence-corrected chi connectivity index (χ3v) is 3.04. The Bertz CT molecular complexity index is 248. The lowest BCUT2D eigenvalue weighted by atomic mass is 9.94. The fraction of sp³-hybridized carbons (Fsp3) is 0.818. The standard InChI is InChI=1S/C11H19NO4/c13-10(14)6-7-12(8-11(15)16)9-4-2-1-3-5-9/h9H,1-8H2,(H,13,14)(H,15,16). The Morgan fingerprint density at radius 1 is 1.06 bits per heavy atom. The fourth-order valence-corrected chi connectivity index (χ4v) is 2.25. The van der Waals surface area contributed by atoms with Crippen molar-refractivity contribution >= 4 is 11.9 Å². The summed E-state index contributed by atoms with van der Waals surface area (Å²) in [5.41, 5.74) is 0. The maximum Gasteiger partial charge on any atom is 0.317 e. The average Bonchev–Trinajstić information content (AvgIpc) is 2.25. The molecule has 5 heteroatoms. The Kier molecular flexibility index (Phi) is 5.25. The van der Waals surface area contributed by atoms with Crippen LogP contribution in [0.1, 0.15) is 38.5 Å². The van der Waals surface area contributed by atoms with E-state index in [1.165, 1.54) is 6.42 Å². The molecular formula is C11H19NO4. The summed E-state index contributed by atoms with van der Waals surface area (Å²) in [4.78, 5) is 23.0. The number of carbonyl (C=O) groups is 2. The molecule has 92 valence electrons. The summed E-state index contributed by atoms with van der Waals surface area (Å²) >= 11 is 0. The first-order valence-corrected chi connectivity index (χ1v) is 5.77. The van der Waals surface area contributed by atoms with E-state index in [2.05, 4.69) is 0 Å². The van der Waals surface area contributed by atoms with Crippen molar-refractivity contribution in [1.29, 1.82) is 0 Å². The van der Waals surface area contributed by atoms with Gasteiger partial charge in [0.25, 0.3) is 0 Å². The molecule has 16 heavy (non-hydrogen) atoms. The lowest BCUT2D eigenvalue weighted by Gasteiger charge is -2.32. The van der Waals surface area contributed by atoms with Crippen molar-refractivity contribution in [3.05, 3.63) is 0 Å². The zero-order chi connectivity index (χ0) is 12.0. The maximum absolute atomic E-state index is 10.7. The minimum absolute atomic E-state index is 0.0176. The van der Waals surface area contributed by atoms with Crippen LogP contribution in [-0.4, -0.2) is 46.2 Å². The van der Waals surface area contributed by atoms with E-state index in [1.807, 2.05) is 0 Å². The monoisotopic (exact) mass is 229 g/mol. The zero-order valence-electron chi connectivity index (χ0n) is 9.39. The van der Waals surface area contributed by atoms with E-state index in [1.54, 1.807) is 4.90 Å². The van der Waals surface area contributed by atoms with Crippen LogP contribution in [0.25, 0.3) is 0 Å². The Morgan fingerprint density at radius 3 is 2.19 bits per heavy atom. The van der Waals surface area contributed by atoms with Gasteiger partial charge in [0.2, 0.25) is 0 Å². The Balaban J connectivity index is 2.47. The van der Waals surface area contributed by atoms with Crippen molar-refractivity contribution in [2.75, 3.05) is 13.1 Å². The molecule has 0 heterocycles. The second kappa shape index (κ2) is 6.48. The van der Waals surface area contributed by atoms with Crippen molar-refractivity contribution in [1.82, 2.24) is 4.90 Å². The second-order valence-corrected chi connectivity index (χ2v) is 4.30. The van der Waals surface area contributed by atoms with E-state index in [0.717, 1.165) is 25.7 Å². The molecule has 0 aromatic carbocycles. The lowest BCUT2D eigenvalue weighted by Crippen LogP contribution is -2.41. The highest BCUT2D eigenvalue weighted by Crippen LogP contribution is 2.22. The van der Waals surface area contributed by atoms with Gasteiger partial charge in [-0.15, -0.1) is 0 Å². The maximum atomic E-state index is 10.7. The van der Waals surface area contributed by atoms with Crippen LogP contribution in [0, 0.1) is 0 Å². The quantitative estimate of drug-likeness (QED) is 0.715. The van der Waals surface area contributed by atoms with Crippen LogP contribution in [0.4, 0.5) is 0 Å². The minimum Gasteiger partial charge on any atom is -0.481 e. The predicted molar refractivity (Wildman–Crippen MR) is 58.3 cm³/mol. The van der Waals surface area contributed by atoms with Crippen LogP contribution in [-0.2, 0) is 9.59 Å².